The van der Waals surface area contributed by atoms with Crippen LogP contribution in [-0.4, -0.2) is 23.1 Å². The molecule has 236 valence electrons. The minimum absolute atomic E-state index is 0.0819. The molecule has 0 saturated carbocycles. The van der Waals surface area contributed by atoms with Gasteiger partial charge in [-0.15, -0.1) is 0 Å². The molecule has 0 aliphatic heterocycles. The van der Waals surface area contributed by atoms with Crippen molar-refractivity contribution in [2.24, 2.45) is 0 Å². The molecule has 0 bridgehead atoms. The Morgan fingerprint density at radius 2 is 1.00 bits per heavy atom. The maximum atomic E-state index is 14.6. The Labute approximate surface area is 285 Å². The van der Waals surface area contributed by atoms with E-state index in [0.29, 0.717) is 21.2 Å². The average molecular weight is 678 g/mol. The van der Waals surface area contributed by atoms with Gasteiger partial charge in [-0.05, 0) is 121 Å². The molecule has 0 heterocycles. The first-order valence-electron chi connectivity index (χ1n) is 14.8. The molecule has 0 saturated heterocycles. The zero-order chi connectivity index (χ0) is 34.0. The number of hydrogen-bond acceptors (Lipinski definition) is 4. The summed E-state index contributed by atoms with van der Waals surface area (Å²) in [7, 11) is 0. The Kier molecular flexibility index (Phi) is 9.13. The zero-order valence-electron chi connectivity index (χ0n) is 25.1. The van der Waals surface area contributed by atoms with Crippen LogP contribution in [-0.2, 0) is 5.41 Å². The number of hydrogen-bond donors (Lipinski definition) is 0. The Morgan fingerprint density at radius 1 is 0.542 bits per heavy atom. The zero-order valence-corrected chi connectivity index (χ0v) is 26.6. The van der Waals surface area contributed by atoms with E-state index in [9.17, 15) is 28.0 Å². The van der Waals surface area contributed by atoms with Gasteiger partial charge >= 0.3 is 0 Å². The van der Waals surface area contributed by atoms with Gasteiger partial charge in [0, 0.05) is 49.0 Å². The second-order valence-corrected chi connectivity index (χ2v) is 12.1. The standard InChI is InChI=1S/C40H24Cl2F2O4/c41-30-10-1-24(2-11-30)37(46)29-9-18-34(38(47)26-3-12-31(42)13-4-26)35(23-29)40(39(48)28-7-16-33(44)17-8-28)21-19-27(20-22-40)36(45)25-5-14-32(43)15-6-25/h1-21,23H,22H2. The maximum Gasteiger partial charge on any atom is 0.193 e. The summed E-state index contributed by atoms with van der Waals surface area (Å²) in [6.07, 6.45) is 4.53. The summed E-state index contributed by atoms with van der Waals surface area (Å²) in [5.74, 6) is -2.70. The second-order valence-electron chi connectivity index (χ2n) is 11.3. The molecule has 48 heavy (non-hydrogen) atoms. The van der Waals surface area contributed by atoms with Gasteiger partial charge in [0.15, 0.2) is 23.1 Å². The number of allylic oxidation sites excluding steroid dienone is 4. The predicted octanol–water partition coefficient (Wildman–Crippen LogP) is 9.62. The number of benzene rings is 5. The van der Waals surface area contributed by atoms with E-state index < -0.39 is 34.4 Å². The highest BCUT2D eigenvalue weighted by atomic mass is 35.5. The van der Waals surface area contributed by atoms with Gasteiger partial charge in [-0.3, -0.25) is 19.2 Å². The fraction of sp³-hybridized carbons (Fsp3) is 0.0500. The summed E-state index contributed by atoms with van der Waals surface area (Å²) in [4.78, 5) is 55.8. The first-order chi connectivity index (χ1) is 23.1. The molecular formula is C40H24Cl2F2O4. The molecule has 1 aliphatic carbocycles. The summed E-state index contributed by atoms with van der Waals surface area (Å²) in [5, 5.41) is 0.877. The Bertz CT molecular complexity index is 2130. The lowest BCUT2D eigenvalue weighted by atomic mass is 9.67. The van der Waals surface area contributed by atoms with E-state index in [1.807, 2.05) is 0 Å². The van der Waals surface area contributed by atoms with Gasteiger partial charge in [-0.1, -0.05) is 47.5 Å². The number of carbonyl (C=O) groups is 4. The number of rotatable bonds is 9. The van der Waals surface area contributed by atoms with Gasteiger partial charge in [0.1, 0.15) is 11.6 Å². The van der Waals surface area contributed by atoms with Crippen molar-refractivity contribution in [3.8, 4) is 0 Å². The SMILES string of the molecule is O=C(C1=CCC(C(=O)c2ccc(F)cc2)(c2cc(C(=O)c3ccc(Cl)cc3)ccc2C(=O)c2ccc(Cl)cc2)C=C1)c1ccc(F)cc1. The lowest BCUT2D eigenvalue weighted by molar-refractivity contribution is 0.0911. The molecular weight excluding hydrogens is 653 g/mol. The molecule has 8 heteroatoms. The van der Waals surface area contributed by atoms with Crippen molar-refractivity contribution in [1.82, 2.24) is 0 Å². The topological polar surface area (TPSA) is 68.3 Å². The van der Waals surface area contributed by atoms with Crippen LogP contribution in [0.5, 0.6) is 0 Å². The van der Waals surface area contributed by atoms with Crippen LogP contribution in [0.4, 0.5) is 8.78 Å². The lowest BCUT2D eigenvalue weighted by Gasteiger charge is -2.33. The van der Waals surface area contributed by atoms with Gasteiger partial charge < -0.3 is 0 Å². The molecule has 0 amide bonds. The highest BCUT2D eigenvalue weighted by molar-refractivity contribution is 6.31. The molecule has 4 nitrogen and oxygen atoms in total. The molecule has 1 aliphatic rings. The molecule has 1 atom stereocenters. The molecule has 5 aromatic rings. The molecule has 0 fully saturated rings. The lowest BCUT2D eigenvalue weighted by Crippen LogP contribution is -2.37. The van der Waals surface area contributed by atoms with Crippen molar-refractivity contribution in [3.63, 3.8) is 0 Å². The molecule has 0 spiro atoms. The fourth-order valence-corrected chi connectivity index (χ4v) is 5.95. The van der Waals surface area contributed by atoms with E-state index in [4.69, 9.17) is 23.2 Å². The maximum absolute atomic E-state index is 14.6. The fourth-order valence-electron chi connectivity index (χ4n) is 5.70. The predicted molar refractivity (Wildman–Crippen MR) is 181 cm³/mol. The molecule has 0 N–H and O–H groups in total. The van der Waals surface area contributed by atoms with Crippen LogP contribution in [0.25, 0.3) is 0 Å². The highest BCUT2D eigenvalue weighted by Gasteiger charge is 2.42. The Morgan fingerprint density at radius 3 is 1.52 bits per heavy atom. The van der Waals surface area contributed by atoms with Crippen LogP contribution in [0.1, 0.15) is 64.5 Å². The molecule has 5 aromatic carbocycles. The first kappa shape index (κ1) is 32.6. The number of halogens is 4. The van der Waals surface area contributed by atoms with Crippen molar-refractivity contribution in [3.05, 3.63) is 200 Å². The summed E-state index contributed by atoms with van der Waals surface area (Å²) >= 11 is 12.1. The molecule has 0 aromatic heterocycles. The van der Waals surface area contributed by atoms with Crippen molar-refractivity contribution >= 4 is 46.3 Å². The average Bonchev–Trinajstić information content (AvgIpc) is 3.11. The smallest absolute Gasteiger partial charge is 0.193 e. The molecule has 6 rings (SSSR count). The van der Waals surface area contributed by atoms with Crippen LogP contribution >= 0.6 is 23.2 Å². The van der Waals surface area contributed by atoms with E-state index in [1.54, 1.807) is 60.7 Å². The monoisotopic (exact) mass is 676 g/mol. The summed E-state index contributed by atoms with van der Waals surface area (Å²) in [6.45, 7) is 0. The number of Topliss-reactive ketones (excluding diaryl/α,β-unsaturated/α-hetero) is 2. The minimum Gasteiger partial charge on any atom is -0.293 e. The third-order valence-electron chi connectivity index (χ3n) is 8.29. The minimum atomic E-state index is -1.60. The highest BCUT2D eigenvalue weighted by Crippen LogP contribution is 2.41. The van der Waals surface area contributed by atoms with E-state index in [2.05, 4.69) is 0 Å². The normalized spacial score (nSPS) is 15.5. The van der Waals surface area contributed by atoms with Crippen LogP contribution in [0.15, 0.2) is 139 Å². The van der Waals surface area contributed by atoms with Crippen LogP contribution < -0.4 is 0 Å². The Hall–Kier alpha value is -5.30. The van der Waals surface area contributed by atoms with Crippen LogP contribution in [0.3, 0.4) is 0 Å². The summed E-state index contributed by atoms with van der Waals surface area (Å²) < 4.78 is 27.5. The van der Waals surface area contributed by atoms with Gasteiger partial charge in [-0.25, -0.2) is 8.78 Å². The largest absolute Gasteiger partial charge is 0.293 e. The van der Waals surface area contributed by atoms with Crippen LogP contribution in [0, 0.1) is 11.6 Å². The van der Waals surface area contributed by atoms with Gasteiger partial charge in [0.05, 0.1) is 5.41 Å². The van der Waals surface area contributed by atoms with E-state index in [0.717, 1.165) is 12.1 Å². The third-order valence-corrected chi connectivity index (χ3v) is 8.80. The van der Waals surface area contributed by atoms with Crippen molar-refractivity contribution in [1.29, 1.82) is 0 Å². The van der Waals surface area contributed by atoms with Crippen LogP contribution in [0.2, 0.25) is 10.0 Å². The third kappa shape index (κ3) is 6.45. The van der Waals surface area contributed by atoms with E-state index in [-0.39, 0.29) is 45.6 Å². The molecule has 1 unspecified atom stereocenters. The summed E-state index contributed by atoms with van der Waals surface area (Å²) in [5.41, 5.74) is 0.264. The molecule has 0 radical (unpaired) electrons. The van der Waals surface area contributed by atoms with Crippen molar-refractivity contribution < 1.29 is 28.0 Å². The number of carbonyl (C=O) groups excluding carboxylic acids is 4. The number of ketones is 4. The van der Waals surface area contributed by atoms with E-state index in [1.165, 1.54) is 60.7 Å². The summed E-state index contributed by atoms with van der Waals surface area (Å²) in [6, 6.07) is 27.2. The van der Waals surface area contributed by atoms with Crippen molar-refractivity contribution in [2.75, 3.05) is 0 Å². The van der Waals surface area contributed by atoms with Gasteiger partial charge in [0.25, 0.3) is 0 Å². The van der Waals surface area contributed by atoms with Gasteiger partial charge in [-0.2, -0.15) is 0 Å². The first-order valence-corrected chi connectivity index (χ1v) is 15.6. The van der Waals surface area contributed by atoms with Gasteiger partial charge in [0.2, 0.25) is 0 Å². The second kappa shape index (κ2) is 13.4. The van der Waals surface area contributed by atoms with E-state index >= 15 is 0 Å². The quantitative estimate of drug-likeness (QED) is 0.146. The Balaban J connectivity index is 1.53. The van der Waals surface area contributed by atoms with Crippen molar-refractivity contribution in [2.45, 2.75) is 11.8 Å².